The summed E-state index contributed by atoms with van der Waals surface area (Å²) in [6, 6.07) is 2.42. The SMILES string of the molecule is Nc1cc(Cl)c(O)c(C(=O)O)c1. The van der Waals surface area contributed by atoms with E-state index in [1.165, 1.54) is 6.07 Å². The first kappa shape index (κ1) is 8.67. The number of carboxylic acid groups (broad SMARTS) is 1. The van der Waals surface area contributed by atoms with Gasteiger partial charge in [0, 0.05) is 5.69 Å². The number of carbonyl (C=O) groups is 1. The molecule has 0 fully saturated rings. The van der Waals surface area contributed by atoms with Crippen molar-refractivity contribution in [2.24, 2.45) is 0 Å². The number of hydrogen-bond donors (Lipinski definition) is 3. The molecular formula is C7H6ClNO3. The topological polar surface area (TPSA) is 83.5 Å². The zero-order valence-electron chi connectivity index (χ0n) is 5.91. The van der Waals surface area contributed by atoms with Crippen molar-refractivity contribution >= 4 is 23.3 Å². The van der Waals surface area contributed by atoms with Gasteiger partial charge in [0.15, 0.2) is 0 Å². The third-order valence-corrected chi connectivity index (χ3v) is 1.60. The van der Waals surface area contributed by atoms with Gasteiger partial charge in [-0.2, -0.15) is 0 Å². The standard InChI is InChI=1S/C7H6ClNO3/c8-5-2-3(9)1-4(6(5)10)7(11)12/h1-2,10H,9H2,(H,11,12). The monoisotopic (exact) mass is 187 g/mol. The summed E-state index contributed by atoms with van der Waals surface area (Å²) in [4.78, 5) is 10.5. The van der Waals surface area contributed by atoms with Crippen LogP contribution >= 0.6 is 11.6 Å². The van der Waals surface area contributed by atoms with Crippen molar-refractivity contribution in [1.29, 1.82) is 0 Å². The molecule has 0 amide bonds. The lowest BCUT2D eigenvalue weighted by molar-refractivity contribution is 0.0694. The highest BCUT2D eigenvalue weighted by molar-refractivity contribution is 6.32. The summed E-state index contributed by atoms with van der Waals surface area (Å²) in [7, 11) is 0. The largest absolute Gasteiger partial charge is 0.505 e. The van der Waals surface area contributed by atoms with E-state index in [0.29, 0.717) is 0 Å². The van der Waals surface area contributed by atoms with E-state index in [2.05, 4.69) is 0 Å². The predicted octanol–water partition coefficient (Wildman–Crippen LogP) is 1.33. The number of anilines is 1. The van der Waals surface area contributed by atoms with Gasteiger partial charge in [-0.25, -0.2) is 4.79 Å². The molecule has 0 radical (unpaired) electrons. The molecule has 5 heteroatoms. The summed E-state index contributed by atoms with van der Waals surface area (Å²) >= 11 is 5.47. The highest BCUT2D eigenvalue weighted by Crippen LogP contribution is 2.29. The molecule has 0 atom stereocenters. The van der Waals surface area contributed by atoms with Gasteiger partial charge in [0.05, 0.1) is 5.02 Å². The number of phenols is 1. The Morgan fingerprint density at radius 3 is 2.58 bits per heavy atom. The van der Waals surface area contributed by atoms with E-state index in [-0.39, 0.29) is 16.3 Å². The van der Waals surface area contributed by atoms with Crippen LogP contribution in [0, 0.1) is 0 Å². The van der Waals surface area contributed by atoms with E-state index < -0.39 is 11.7 Å². The van der Waals surface area contributed by atoms with Crippen LogP contribution in [0.5, 0.6) is 5.75 Å². The highest BCUT2D eigenvalue weighted by atomic mass is 35.5. The van der Waals surface area contributed by atoms with Crippen LogP contribution in [0.25, 0.3) is 0 Å². The molecule has 1 rings (SSSR count). The number of hydrogen-bond acceptors (Lipinski definition) is 3. The maximum atomic E-state index is 10.5. The molecule has 0 aromatic heterocycles. The van der Waals surface area contributed by atoms with E-state index in [1.54, 1.807) is 0 Å². The summed E-state index contributed by atoms with van der Waals surface area (Å²) in [6.07, 6.45) is 0. The number of benzene rings is 1. The summed E-state index contributed by atoms with van der Waals surface area (Å²) in [5, 5.41) is 17.6. The van der Waals surface area contributed by atoms with Crippen LogP contribution in [0.15, 0.2) is 12.1 Å². The number of nitrogens with two attached hydrogens (primary N) is 1. The fourth-order valence-electron chi connectivity index (χ4n) is 0.783. The molecule has 0 spiro atoms. The molecular weight excluding hydrogens is 182 g/mol. The van der Waals surface area contributed by atoms with Crippen LogP contribution in [-0.4, -0.2) is 16.2 Å². The fourth-order valence-corrected chi connectivity index (χ4v) is 1.01. The van der Waals surface area contributed by atoms with Gasteiger partial charge in [-0.3, -0.25) is 0 Å². The van der Waals surface area contributed by atoms with Crippen LogP contribution < -0.4 is 5.73 Å². The Bertz CT molecular complexity index is 338. The molecule has 4 N–H and O–H groups in total. The molecule has 0 bridgehead atoms. The molecule has 1 aromatic rings. The van der Waals surface area contributed by atoms with E-state index >= 15 is 0 Å². The molecule has 64 valence electrons. The number of nitrogen functional groups attached to an aromatic ring is 1. The van der Waals surface area contributed by atoms with Crippen LogP contribution in [0.3, 0.4) is 0 Å². The molecule has 1 aromatic carbocycles. The number of halogens is 1. The Morgan fingerprint density at radius 1 is 1.50 bits per heavy atom. The first-order valence-corrected chi connectivity index (χ1v) is 3.41. The summed E-state index contributed by atoms with van der Waals surface area (Å²) < 4.78 is 0. The second-order valence-corrected chi connectivity index (χ2v) is 2.61. The molecule has 0 unspecified atom stereocenters. The lowest BCUT2D eigenvalue weighted by Crippen LogP contribution is -1.98. The van der Waals surface area contributed by atoms with E-state index in [1.807, 2.05) is 0 Å². The average Bonchev–Trinajstić information content (AvgIpc) is 1.96. The minimum Gasteiger partial charge on any atom is -0.505 e. The molecule has 12 heavy (non-hydrogen) atoms. The number of rotatable bonds is 1. The fraction of sp³-hybridized carbons (Fsp3) is 0. The van der Waals surface area contributed by atoms with Crippen LogP contribution in [-0.2, 0) is 0 Å². The molecule has 0 heterocycles. The van der Waals surface area contributed by atoms with Gasteiger partial charge in [0.2, 0.25) is 0 Å². The molecule has 0 aliphatic heterocycles. The van der Waals surface area contributed by atoms with Gasteiger partial charge in [-0.1, -0.05) is 11.6 Å². The van der Waals surface area contributed by atoms with E-state index in [4.69, 9.17) is 27.5 Å². The maximum absolute atomic E-state index is 10.5. The Morgan fingerprint density at radius 2 is 2.08 bits per heavy atom. The van der Waals surface area contributed by atoms with Gasteiger partial charge in [-0.15, -0.1) is 0 Å². The van der Waals surface area contributed by atoms with E-state index in [0.717, 1.165) is 6.07 Å². The summed E-state index contributed by atoms with van der Waals surface area (Å²) in [5.41, 5.74) is 5.22. The van der Waals surface area contributed by atoms with Crippen LogP contribution in [0.4, 0.5) is 5.69 Å². The first-order chi connectivity index (χ1) is 5.52. The quantitative estimate of drug-likeness (QED) is 0.458. The minimum atomic E-state index is -1.26. The first-order valence-electron chi connectivity index (χ1n) is 3.03. The summed E-state index contributed by atoms with van der Waals surface area (Å²) in [6.45, 7) is 0. The predicted molar refractivity (Wildman–Crippen MR) is 44.5 cm³/mol. The third-order valence-electron chi connectivity index (χ3n) is 1.32. The van der Waals surface area contributed by atoms with Crippen molar-refractivity contribution in [2.75, 3.05) is 5.73 Å². The van der Waals surface area contributed by atoms with Crippen molar-refractivity contribution in [2.45, 2.75) is 0 Å². The normalized spacial score (nSPS) is 9.75. The highest BCUT2D eigenvalue weighted by Gasteiger charge is 2.12. The molecule has 0 aliphatic carbocycles. The number of aromatic hydroxyl groups is 1. The summed E-state index contributed by atoms with van der Waals surface area (Å²) in [5.74, 6) is -1.72. The van der Waals surface area contributed by atoms with Crippen molar-refractivity contribution < 1.29 is 15.0 Å². The Kier molecular flexibility index (Phi) is 2.10. The number of aromatic carboxylic acids is 1. The lowest BCUT2D eigenvalue weighted by atomic mass is 10.2. The van der Waals surface area contributed by atoms with Gasteiger partial charge in [0.25, 0.3) is 0 Å². The third kappa shape index (κ3) is 1.43. The Balaban J connectivity index is 3.37. The lowest BCUT2D eigenvalue weighted by Gasteiger charge is -2.02. The second-order valence-electron chi connectivity index (χ2n) is 2.20. The van der Waals surface area contributed by atoms with Gasteiger partial charge in [0.1, 0.15) is 11.3 Å². The van der Waals surface area contributed by atoms with Gasteiger partial charge >= 0.3 is 5.97 Å². The van der Waals surface area contributed by atoms with Crippen molar-refractivity contribution in [3.63, 3.8) is 0 Å². The van der Waals surface area contributed by atoms with Crippen LogP contribution in [0.1, 0.15) is 10.4 Å². The van der Waals surface area contributed by atoms with Gasteiger partial charge in [-0.05, 0) is 12.1 Å². The minimum absolute atomic E-state index is 0.0626. The maximum Gasteiger partial charge on any atom is 0.339 e. The smallest absolute Gasteiger partial charge is 0.339 e. The molecule has 0 saturated carbocycles. The van der Waals surface area contributed by atoms with Crippen molar-refractivity contribution in [3.8, 4) is 5.75 Å². The average molecular weight is 188 g/mol. The van der Waals surface area contributed by atoms with E-state index in [9.17, 15) is 4.79 Å². The molecule has 4 nitrogen and oxygen atoms in total. The van der Waals surface area contributed by atoms with Gasteiger partial charge < -0.3 is 15.9 Å². The van der Waals surface area contributed by atoms with Crippen molar-refractivity contribution in [3.05, 3.63) is 22.7 Å². The second kappa shape index (κ2) is 2.91. The zero-order valence-corrected chi connectivity index (χ0v) is 6.67. The molecule has 0 saturated heterocycles. The molecule has 0 aliphatic rings. The Hall–Kier alpha value is -1.42. The Labute approximate surface area is 73.2 Å². The zero-order chi connectivity index (χ0) is 9.30. The number of carboxylic acids is 1. The van der Waals surface area contributed by atoms with Crippen LogP contribution in [0.2, 0.25) is 5.02 Å². The van der Waals surface area contributed by atoms with Crippen molar-refractivity contribution in [1.82, 2.24) is 0 Å².